The van der Waals surface area contributed by atoms with Crippen molar-refractivity contribution < 1.29 is 27.5 Å². The average Bonchev–Trinajstić information content (AvgIpc) is 3.16. The normalized spacial score (nSPS) is 14.3. The van der Waals surface area contributed by atoms with E-state index in [1.807, 2.05) is 4.90 Å². The van der Waals surface area contributed by atoms with E-state index in [0.717, 1.165) is 4.57 Å². The zero-order valence-electron chi connectivity index (χ0n) is 18.1. The van der Waals surface area contributed by atoms with Crippen LogP contribution in [0.1, 0.15) is 13.8 Å². The molecule has 1 saturated heterocycles. The number of carbonyl (C=O) groups excluding carboxylic acids is 1. The number of ether oxygens (including phenoxy) is 1. The lowest BCUT2D eigenvalue weighted by molar-refractivity contribution is -0.200. The van der Waals surface area contributed by atoms with Crippen molar-refractivity contribution in [2.75, 3.05) is 44.3 Å². The van der Waals surface area contributed by atoms with Crippen LogP contribution in [0.3, 0.4) is 0 Å². The fraction of sp³-hybridized carbons (Fsp3) is 0.579. The van der Waals surface area contributed by atoms with Gasteiger partial charge in [-0.1, -0.05) is 10.7 Å². The van der Waals surface area contributed by atoms with Gasteiger partial charge < -0.3 is 19.8 Å². The molecule has 180 valence electrons. The van der Waals surface area contributed by atoms with Crippen LogP contribution in [0.4, 0.5) is 19.1 Å². The molecule has 1 fully saturated rings. The molecule has 33 heavy (non-hydrogen) atoms. The van der Waals surface area contributed by atoms with Crippen LogP contribution in [0.2, 0.25) is 0 Å². The highest BCUT2D eigenvalue weighted by molar-refractivity contribution is 5.77. The highest BCUT2D eigenvalue weighted by atomic mass is 19.4. The van der Waals surface area contributed by atoms with E-state index in [1.165, 1.54) is 4.57 Å². The van der Waals surface area contributed by atoms with Crippen molar-refractivity contribution in [3.63, 3.8) is 0 Å². The minimum Gasteiger partial charge on any atom is -0.380 e. The first-order valence-corrected chi connectivity index (χ1v) is 10.2. The molecular formula is C19H23F3N6O5. The molecule has 11 nitrogen and oxygen atoms in total. The van der Waals surface area contributed by atoms with Gasteiger partial charge in [-0.3, -0.25) is 13.9 Å². The Labute approximate surface area is 185 Å². The zero-order valence-corrected chi connectivity index (χ0v) is 18.1. The third-order valence-corrected chi connectivity index (χ3v) is 4.86. The predicted octanol–water partition coefficient (Wildman–Crippen LogP) is -0.653. The molecule has 0 saturated carbocycles. The third-order valence-electron chi connectivity index (χ3n) is 4.86. The number of aromatic nitrogens is 4. The Balaban J connectivity index is 2.29. The number of piperazine rings is 1. The van der Waals surface area contributed by atoms with Gasteiger partial charge in [0.2, 0.25) is 5.95 Å². The Kier molecular flexibility index (Phi) is 7.44. The maximum atomic E-state index is 13.1. The Bertz CT molecular complexity index is 1200. The van der Waals surface area contributed by atoms with Crippen molar-refractivity contribution >= 4 is 23.1 Å². The number of rotatable bonds is 7. The quantitative estimate of drug-likeness (QED) is 0.418. The lowest BCUT2D eigenvalue weighted by Gasteiger charge is -2.28. The number of fused-ring (bicyclic) bond motifs is 1. The number of nitrogens with zero attached hydrogens (tertiary/aromatic N) is 5. The molecule has 0 aliphatic carbocycles. The molecule has 0 radical (unpaired) electrons. The molecule has 1 N–H and O–H groups in total. The van der Waals surface area contributed by atoms with Crippen molar-refractivity contribution in [1.29, 1.82) is 0 Å². The summed E-state index contributed by atoms with van der Waals surface area (Å²) in [7, 11) is 0. The Morgan fingerprint density at radius 2 is 1.91 bits per heavy atom. The van der Waals surface area contributed by atoms with E-state index in [1.54, 1.807) is 13.8 Å². The van der Waals surface area contributed by atoms with Gasteiger partial charge in [0.1, 0.15) is 0 Å². The van der Waals surface area contributed by atoms with Crippen LogP contribution in [0.15, 0.2) is 9.59 Å². The summed E-state index contributed by atoms with van der Waals surface area (Å²) in [6.07, 6.45) is -5.41. The number of hydrogen-bond donors (Lipinski definition) is 1. The average molecular weight is 472 g/mol. The van der Waals surface area contributed by atoms with Crippen LogP contribution in [0.5, 0.6) is 0 Å². The van der Waals surface area contributed by atoms with Gasteiger partial charge in [-0.2, -0.15) is 18.2 Å². The SMILES string of the molecule is CC#CCn1c(N2CCNCC2)nc2c1c(=O)n(OC(=O)C(F)(F)F)c(=O)n2CCOCC. The molecular weight excluding hydrogens is 449 g/mol. The van der Waals surface area contributed by atoms with E-state index in [4.69, 9.17) is 4.74 Å². The predicted molar refractivity (Wildman–Crippen MR) is 111 cm³/mol. The van der Waals surface area contributed by atoms with Crippen molar-refractivity contribution in [1.82, 2.24) is 24.2 Å². The third kappa shape index (κ3) is 5.04. The van der Waals surface area contributed by atoms with Crippen molar-refractivity contribution in [3.8, 4) is 11.8 Å². The Morgan fingerprint density at radius 3 is 2.52 bits per heavy atom. The molecule has 1 aliphatic heterocycles. The van der Waals surface area contributed by atoms with Crippen LogP contribution in [-0.2, 0) is 22.6 Å². The van der Waals surface area contributed by atoms with Gasteiger partial charge in [0.15, 0.2) is 11.2 Å². The molecule has 0 amide bonds. The van der Waals surface area contributed by atoms with Crippen LogP contribution in [0.25, 0.3) is 11.2 Å². The van der Waals surface area contributed by atoms with Gasteiger partial charge in [0.05, 0.1) is 19.7 Å². The zero-order chi connectivity index (χ0) is 24.2. The van der Waals surface area contributed by atoms with Crippen molar-refractivity contribution in [3.05, 3.63) is 20.8 Å². The van der Waals surface area contributed by atoms with E-state index in [2.05, 4.69) is 27.0 Å². The van der Waals surface area contributed by atoms with E-state index < -0.39 is 23.4 Å². The molecule has 3 rings (SSSR count). The number of hydrogen-bond acceptors (Lipinski definition) is 8. The second kappa shape index (κ2) is 10.1. The smallest absolute Gasteiger partial charge is 0.380 e. The van der Waals surface area contributed by atoms with E-state index in [-0.39, 0.29) is 35.6 Å². The first-order chi connectivity index (χ1) is 15.7. The summed E-state index contributed by atoms with van der Waals surface area (Å²) in [6.45, 7) is 5.89. The van der Waals surface area contributed by atoms with E-state index in [9.17, 15) is 27.6 Å². The van der Waals surface area contributed by atoms with Crippen LogP contribution >= 0.6 is 0 Å². The highest BCUT2D eigenvalue weighted by Gasteiger charge is 2.43. The first kappa shape index (κ1) is 24.3. The minimum absolute atomic E-state index is 0.0154. The van der Waals surface area contributed by atoms with E-state index in [0.29, 0.717) is 38.7 Å². The van der Waals surface area contributed by atoms with Gasteiger partial charge in [-0.15, -0.1) is 5.92 Å². The summed E-state index contributed by atoms with van der Waals surface area (Å²) in [6, 6.07) is 0. The standard InChI is InChI=1S/C19H23F3N6O5/c1-3-5-8-26-13-14(24-17(26)25-9-6-23-7-10-25)27(11-12-32-4-2)18(31)28(15(13)29)33-16(30)19(20,21)22/h23H,4,6-12H2,1-2H3. The first-order valence-electron chi connectivity index (χ1n) is 10.2. The largest absolute Gasteiger partial charge is 0.493 e. The molecule has 14 heteroatoms. The number of carbonyl (C=O) groups is 1. The number of alkyl halides is 3. The fourth-order valence-electron chi connectivity index (χ4n) is 3.34. The second-order valence-electron chi connectivity index (χ2n) is 6.94. The molecule has 0 atom stereocenters. The summed E-state index contributed by atoms with van der Waals surface area (Å²) in [5, 5.41) is 3.18. The monoisotopic (exact) mass is 472 g/mol. The summed E-state index contributed by atoms with van der Waals surface area (Å²) in [5.74, 6) is 3.13. The molecule has 0 spiro atoms. The van der Waals surface area contributed by atoms with Crippen LogP contribution in [0, 0.1) is 11.8 Å². The number of nitrogens with one attached hydrogen (secondary N) is 1. The Hall–Kier alpha value is -3.31. The van der Waals surface area contributed by atoms with Crippen LogP contribution < -0.4 is 26.3 Å². The Morgan fingerprint density at radius 1 is 1.21 bits per heavy atom. The summed E-state index contributed by atoms with van der Waals surface area (Å²) in [5.41, 5.74) is -2.79. The topological polar surface area (TPSA) is 113 Å². The molecule has 0 bridgehead atoms. The number of imidazole rings is 1. The van der Waals surface area contributed by atoms with Gasteiger partial charge in [0.25, 0.3) is 0 Å². The number of halogens is 3. The van der Waals surface area contributed by atoms with Crippen molar-refractivity contribution in [2.45, 2.75) is 33.1 Å². The number of anilines is 1. The molecule has 1 aliphatic rings. The lowest BCUT2D eigenvalue weighted by atomic mass is 10.4. The summed E-state index contributed by atoms with van der Waals surface area (Å²) < 4.78 is 45.8. The maximum absolute atomic E-state index is 13.1. The van der Waals surface area contributed by atoms with Gasteiger partial charge in [0, 0.05) is 32.8 Å². The summed E-state index contributed by atoms with van der Waals surface area (Å²) in [4.78, 5) is 48.0. The molecule has 0 unspecified atom stereocenters. The summed E-state index contributed by atoms with van der Waals surface area (Å²) >= 11 is 0. The van der Waals surface area contributed by atoms with Crippen molar-refractivity contribution in [2.24, 2.45) is 0 Å². The molecule has 3 heterocycles. The lowest BCUT2D eigenvalue weighted by Crippen LogP contribution is -2.48. The van der Waals surface area contributed by atoms with Crippen LogP contribution in [-0.4, -0.2) is 70.4 Å². The van der Waals surface area contributed by atoms with Gasteiger partial charge in [-0.05, 0) is 13.8 Å². The second-order valence-corrected chi connectivity index (χ2v) is 6.94. The molecule has 0 aromatic carbocycles. The minimum atomic E-state index is -5.41. The highest BCUT2D eigenvalue weighted by Crippen LogP contribution is 2.21. The molecule has 2 aromatic rings. The fourth-order valence-corrected chi connectivity index (χ4v) is 3.34. The van der Waals surface area contributed by atoms with E-state index >= 15 is 0 Å². The van der Waals surface area contributed by atoms with Gasteiger partial charge in [-0.25, -0.2) is 9.59 Å². The molecule has 2 aromatic heterocycles. The maximum Gasteiger partial charge on any atom is 0.493 e. The van der Waals surface area contributed by atoms with Gasteiger partial charge >= 0.3 is 23.4 Å².